The Morgan fingerprint density at radius 1 is 0.902 bits per heavy atom. The second kappa shape index (κ2) is 16.6. The van der Waals surface area contributed by atoms with Crippen molar-refractivity contribution in [3.05, 3.63) is 101 Å². The maximum Gasteiger partial charge on any atom is 0.407 e. The van der Waals surface area contributed by atoms with Gasteiger partial charge in [0.25, 0.3) is 0 Å². The molecule has 316 valence electrons. The Balaban J connectivity index is 0.916. The van der Waals surface area contributed by atoms with Crippen LogP contribution in [0.4, 0.5) is 10.5 Å². The number of benzene rings is 4. The van der Waals surface area contributed by atoms with Gasteiger partial charge < -0.3 is 29.3 Å². The van der Waals surface area contributed by atoms with Crippen LogP contribution in [-0.2, 0) is 32.1 Å². The van der Waals surface area contributed by atoms with Crippen LogP contribution in [0, 0.1) is 11.8 Å². The average molecular weight is 822 g/mol. The lowest BCUT2D eigenvalue weighted by Crippen LogP contribution is -2.55. The molecule has 1 N–H and O–H groups in total. The van der Waals surface area contributed by atoms with Gasteiger partial charge in [-0.2, -0.15) is 0 Å². The fourth-order valence-electron chi connectivity index (χ4n) is 10.3. The summed E-state index contributed by atoms with van der Waals surface area (Å²) in [5, 5.41) is 5.02. The summed E-state index contributed by atoms with van der Waals surface area (Å²) in [6, 6.07) is 24.5. The van der Waals surface area contributed by atoms with Gasteiger partial charge in [-0.3, -0.25) is 19.6 Å². The number of carbonyl (C=O) groups is 3. The van der Waals surface area contributed by atoms with Crippen molar-refractivity contribution in [3.63, 3.8) is 0 Å². The highest BCUT2D eigenvalue weighted by Crippen LogP contribution is 2.45. The van der Waals surface area contributed by atoms with E-state index in [-0.39, 0.29) is 47.7 Å². The number of hydrogen-bond acceptors (Lipinski definition) is 8. The SMILES string of the molecule is COC[C@H]1C[C@@H](C2=Nc3ccc4cc5c(cc4c3C2)OCc2cc(C3=CN=C([C@@H]4CC[C@H](C)N4C(=O)[C@@H](NC(=O)OC)C(C)C)C3)ccc2-5)N(C(=O)[C@H](C)c2ccccc2)C1. The second-order valence-electron chi connectivity index (χ2n) is 17.8. The van der Waals surface area contributed by atoms with E-state index in [2.05, 4.69) is 59.6 Å². The molecule has 2 fully saturated rings. The summed E-state index contributed by atoms with van der Waals surface area (Å²) in [5.41, 5.74) is 10.7. The zero-order valence-corrected chi connectivity index (χ0v) is 35.9. The number of nitrogens with zero attached hydrogens (tertiary/aromatic N) is 4. The Hall–Kier alpha value is -5.81. The number of rotatable bonds is 10. The largest absolute Gasteiger partial charge is 0.488 e. The van der Waals surface area contributed by atoms with Crippen LogP contribution in [0.15, 0.2) is 89.0 Å². The minimum atomic E-state index is -0.680. The number of fused-ring (bicyclic) bond motifs is 6. The van der Waals surface area contributed by atoms with E-state index < -0.39 is 12.1 Å². The average Bonchev–Trinajstić information content (AvgIpc) is 4.10. The number of carbonyl (C=O) groups excluding carboxylic acids is 3. The predicted octanol–water partition coefficient (Wildman–Crippen LogP) is 8.64. The van der Waals surface area contributed by atoms with E-state index in [4.69, 9.17) is 24.2 Å². The van der Waals surface area contributed by atoms with Crippen molar-refractivity contribution in [2.75, 3.05) is 27.4 Å². The number of hydrogen-bond donors (Lipinski definition) is 1. The quantitative estimate of drug-likeness (QED) is 0.171. The lowest BCUT2D eigenvalue weighted by atomic mass is 9.89. The van der Waals surface area contributed by atoms with Gasteiger partial charge in [-0.05, 0) is 107 Å². The fraction of sp³-hybridized carbons (Fsp3) is 0.420. The standard InChI is InChI=1S/C50H55N5O6/c1-28(2)47(53-50(58)60-6)49(57)55-29(3)12-17-44(55)42-21-35(24-51-42)33-13-15-37-36(19-33)27-61-46-23-38-34(20-40(37)46)14-16-41-39(38)22-43(52-41)45-18-31(26-59-5)25-54(45)48(56)30(4)32-10-8-7-9-11-32/h7-11,13-16,19-20,23-24,28-31,44-45,47H,12,17-18,21-22,25-27H2,1-6H3,(H,53,58)/t29-,30+,31-,44-,45-,47-/m0/s1. The maximum atomic E-state index is 14.1. The first-order chi connectivity index (χ1) is 29.5. The highest BCUT2D eigenvalue weighted by atomic mass is 16.5. The number of ether oxygens (including phenoxy) is 3. The molecular formula is C50H55N5O6. The van der Waals surface area contributed by atoms with E-state index >= 15 is 0 Å². The van der Waals surface area contributed by atoms with Crippen LogP contribution in [-0.4, -0.2) is 90.7 Å². The molecule has 5 aliphatic rings. The Morgan fingerprint density at radius 2 is 1.72 bits per heavy atom. The molecule has 2 saturated heterocycles. The van der Waals surface area contributed by atoms with Crippen LogP contribution in [0.2, 0.25) is 0 Å². The number of alkyl carbamates (subject to hydrolysis) is 1. The summed E-state index contributed by atoms with van der Waals surface area (Å²) in [7, 11) is 3.04. The molecule has 11 heteroatoms. The summed E-state index contributed by atoms with van der Waals surface area (Å²) >= 11 is 0. The molecule has 0 unspecified atom stereocenters. The third-order valence-electron chi connectivity index (χ3n) is 13.6. The lowest BCUT2D eigenvalue weighted by Gasteiger charge is -2.33. The topological polar surface area (TPSA) is 122 Å². The van der Waals surface area contributed by atoms with Crippen molar-refractivity contribution in [1.29, 1.82) is 0 Å². The van der Waals surface area contributed by atoms with Gasteiger partial charge in [0, 0.05) is 61.6 Å². The maximum absolute atomic E-state index is 14.1. The highest BCUT2D eigenvalue weighted by Gasteiger charge is 2.43. The summed E-state index contributed by atoms with van der Waals surface area (Å²) in [6.07, 6.45) is 5.21. The van der Waals surface area contributed by atoms with Gasteiger partial charge in [0.15, 0.2) is 0 Å². The smallest absolute Gasteiger partial charge is 0.407 e. The van der Waals surface area contributed by atoms with E-state index in [0.717, 1.165) is 86.3 Å². The summed E-state index contributed by atoms with van der Waals surface area (Å²) in [6.45, 7) is 9.66. The fourth-order valence-corrected chi connectivity index (χ4v) is 10.3. The number of allylic oxidation sites excluding steroid dienone is 1. The molecule has 11 nitrogen and oxygen atoms in total. The van der Waals surface area contributed by atoms with Crippen LogP contribution >= 0.6 is 0 Å². The first-order valence-corrected chi connectivity index (χ1v) is 21.7. The number of methoxy groups -OCH3 is 2. The Labute approximate surface area is 357 Å². The van der Waals surface area contributed by atoms with Crippen molar-refractivity contribution in [2.45, 2.75) is 96.5 Å². The van der Waals surface area contributed by atoms with Crippen molar-refractivity contribution in [1.82, 2.24) is 15.1 Å². The van der Waals surface area contributed by atoms with Gasteiger partial charge in [0.2, 0.25) is 11.8 Å². The third-order valence-corrected chi connectivity index (χ3v) is 13.6. The van der Waals surface area contributed by atoms with Crippen LogP contribution in [0.25, 0.3) is 27.5 Å². The Kier molecular flexibility index (Phi) is 11.0. The number of likely N-dealkylation sites (tertiary alicyclic amines) is 2. The Morgan fingerprint density at radius 3 is 2.49 bits per heavy atom. The zero-order valence-electron chi connectivity index (χ0n) is 35.9. The zero-order chi connectivity index (χ0) is 42.5. The summed E-state index contributed by atoms with van der Waals surface area (Å²) in [4.78, 5) is 54.2. The molecule has 61 heavy (non-hydrogen) atoms. The monoisotopic (exact) mass is 821 g/mol. The molecule has 3 amide bonds. The normalized spacial score (nSPS) is 22.5. The van der Waals surface area contributed by atoms with Crippen molar-refractivity contribution in [2.24, 2.45) is 21.8 Å². The van der Waals surface area contributed by atoms with Gasteiger partial charge in [0.1, 0.15) is 18.4 Å². The molecule has 5 heterocycles. The molecule has 4 aromatic carbocycles. The van der Waals surface area contributed by atoms with Crippen LogP contribution < -0.4 is 10.1 Å². The predicted molar refractivity (Wildman–Crippen MR) is 238 cm³/mol. The van der Waals surface area contributed by atoms with Gasteiger partial charge in [-0.1, -0.05) is 62.4 Å². The molecule has 0 saturated carbocycles. The van der Waals surface area contributed by atoms with E-state index in [9.17, 15) is 14.4 Å². The first kappa shape index (κ1) is 40.6. The number of aliphatic imine (C=N–C) groups is 2. The molecule has 0 radical (unpaired) electrons. The van der Waals surface area contributed by atoms with Crippen LogP contribution in [0.1, 0.15) is 81.5 Å². The number of amides is 3. The van der Waals surface area contributed by atoms with Gasteiger partial charge in [-0.15, -0.1) is 0 Å². The molecule has 0 aromatic heterocycles. The molecule has 9 rings (SSSR count). The van der Waals surface area contributed by atoms with Crippen molar-refractivity contribution >= 4 is 51.4 Å². The number of nitrogens with one attached hydrogen (secondary N) is 1. The minimum absolute atomic E-state index is 0.0360. The third kappa shape index (κ3) is 7.51. The lowest BCUT2D eigenvalue weighted by molar-refractivity contribution is -0.136. The molecule has 5 aliphatic heterocycles. The molecule has 0 aliphatic carbocycles. The van der Waals surface area contributed by atoms with E-state index in [1.54, 1.807) is 7.11 Å². The first-order valence-electron chi connectivity index (χ1n) is 21.7. The van der Waals surface area contributed by atoms with Crippen molar-refractivity contribution in [3.8, 4) is 16.9 Å². The molecule has 0 bridgehead atoms. The molecule has 0 spiro atoms. The van der Waals surface area contributed by atoms with Gasteiger partial charge in [0.05, 0.1) is 37.4 Å². The summed E-state index contributed by atoms with van der Waals surface area (Å²) in [5.74, 6) is 0.801. The van der Waals surface area contributed by atoms with Gasteiger partial charge >= 0.3 is 6.09 Å². The van der Waals surface area contributed by atoms with E-state index in [1.165, 1.54) is 12.7 Å². The second-order valence-corrected chi connectivity index (χ2v) is 17.8. The summed E-state index contributed by atoms with van der Waals surface area (Å²) < 4.78 is 16.9. The van der Waals surface area contributed by atoms with Crippen LogP contribution in [0.3, 0.4) is 0 Å². The molecule has 4 aromatic rings. The van der Waals surface area contributed by atoms with Crippen LogP contribution in [0.5, 0.6) is 5.75 Å². The van der Waals surface area contributed by atoms with Crippen molar-refractivity contribution < 1.29 is 28.6 Å². The molecule has 6 atom stereocenters. The minimum Gasteiger partial charge on any atom is -0.488 e. The van der Waals surface area contributed by atoms with Gasteiger partial charge in [-0.25, -0.2) is 4.79 Å². The highest BCUT2D eigenvalue weighted by molar-refractivity contribution is 6.07. The van der Waals surface area contributed by atoms with E-state index in [0.29, 0.717) is 32.6 Å². The molecular weight excluding hydrogens is 767 g/mol. The Bertz CT molecular complexity index is 2490. The van der Waals surface area contributed by atoms with E-state index in [1.807, 2.05) is 62.2 Å².